The molecule has 4 nitrogen and oxygen atoms in total. The van der Waals surface area contributed by atoms with Gasteiger partial charge in [0, 0.05) is 37.7 Å². The third-order valence-electron chi connectivity index (χ3n) is 5.74. The van der Waals surface area contributed by atoms with Crippen molar-refractivity contribution in [2.75, 3.05) is 26.4 Å². The van der Waals surface area contributed by atoms with Crippen LogP contribution in [0, 0.1) is 11.3 Å². The second kappa shape index (κ2) is 5.74. The molecule has 2 aliphatic heterocycles. The lowest BCUT2D eigenvalue weighted by Crippen LogP contribution is -2.49. The largest absolute Gasteiger partial charge is 0.381 e. The highest BCUT2D eigenvalue weighted by atomic mass is 16.5. The first-order valence-electron chi connectivity index (χ1n) is 8.16. The normalized spacial score (nSPS) is 32.4. The van der Waals surface area contributed by atoms with Crippen molar-refractivity contribution in [1.82, 2.24) is 0 Å². The molecule has 0 aromatic carbocycles. The Hall–Kier alpha value is -0.450. The molecule has 0 bridgehead atoms. The maximum Gasteiger partial charge on any atom is 0.143 e. The molecule has 0 aromatic heterocycles. The minimum Gasteiger partial charge on any atom is -0.381 e. The molecule has 20 heavy (non-hydrogen) atoms. The van der Waals surface area contributed by atoms with E-state index in [0.29, 0.717) is 12.3 Å². The number of rotatable bonds is 3. The van der Waals surface area contributed by atoms with Crippen LogP contribution in [-0.4, -0.2) is 37.7 Å². The third-order valence-corrected chi connectivity index (χ3v) is 5.74. The van der Waals surface area contributed by atoms with Crippen molar-refractivity contribution < 1.29 is 14.3 Å². The Kier molecular flexibility index (Phi) is 4.16. The van der Waals surface area contributed by atoms with Gasteiger partial charge in [0.2, 0.25) is 0 Å². The van der Waals surface area contributed by atoms with Crippen molar-refractivity contribution in [2.24, 2.45) is 17.1 Å². The van der Waals surface area contributed by atoms with Gasteiger partial charge in [0.15, 0.2) is 0 Å². The number of carbonyl (C=O) groups is 1. The zero-order chi connectivity index (χ0) is 14.1. The molecule has 1 atom stereocenters. The van der Waals surface area contributed by atoms with Gasteiger partial charge in [0.05, 0.1) is 5.60 Å². The van der Waals surface area contributed by atoms with Crippen LogP contribution in [0.4, 0.5) is 0 Å². The highest BCUT2D eigenvalue weighted by Crippen LogP contribution is 2.45. The Morgan fingerprint density at radius 3 is 2.45 bits per heavy atom. The molecule has 0 amide bonds. The molecule has 0 radical (unpaired) electrons. The maximum atomic E-state index is 13.0. The molecular formula is C16H27NO3. The zero-order valence-electron chi connectivity index (χ0n) is 12.4. The van der Waals surface area contributed by atoms with Gasteiger partial charge in [-0.05, 0) is 38.5 Å². The van der Waals surface area contributed by atoms with E-state index in [-0.39, 0.29) is 16.9 Å². The fourth-order valence-corrected chi connectivity index (χ4v) is 4.38. The van der Waals surface area contributed by atoms with Crippen molar-refractivity contribution in [3.05, 3.63) is 0 Å². The number of ketones is 1. The summed E-state index contributed by atoms with van der Waals surface area (Å²) in [6.45, 7) is 2.78. The van der Waals surface area contributed by atoms with Gasteiger partial charge in [0.25, 0.3) is 0 Å². The van der Waals surface area contributed by atoms with E-state index in [1.165, 1.54) is 0 Å². The topological polar surface area (TPSA) is 61.6 Å². The van der Waals surface area contributed by atoms with E-state index in [0.717, 1.165) is 71.2 Å². The van der Waals surface area contributed by atoms with E-state index in [2.05, 4.69) is 0 Å². The van der Waals surface area contributed by atoms with Crippen LogP contribution in [0.15, 0.2) is 0 Å². The van der Waals surface area contributed by atoms with Crippen molar-refractivity contribution in [3.8, 4) is 0 Å². The number of nitrogens with two attached hydrogens (primary N) is 1. The van der Waals surface area contributed by atoms with Crippen molar-refractivity contribution in [2.45, 2.75) is 57.0 Å². The second-order valence-electron chi connectivity index (χ2n) is 6.89. The minimum absolute atomic E-state index is 0.0920. The molecule has 2 saturated heterocycles. The van der Waals surface area contributed by atoms with Crippen LogP contribution in [0.3, 0.4) is 0 Å². The summed E-state index contributed by atoms with van der Waals surface area (Å²) in [5, 5.41) is 0. The highest BCUT2D eigenvalue weighted by molar-refractivity contribution is 5.87. The molecule has 0 aromatic rings. The molecule has 3 rings (SSSR count). The molecule has 2 N–H and O–H groups in total. The van der Waals surface area contributed by atoms with Crippen LogP contribution < -0.4 is 5.73 Å². The first-order valence-corrected chi connectivity index (χ1v) is 8.16. The Morgan fingerprint density at radius 1 is 1.10 bits per heavy atom. The van der Waals surface area contributed by atoms with Crippen molar-refractivity contribution >= 4 is 5.78 Å². The Bertz CT molecular complexity index is 351. The summed E-state index contributed by atoms with van der Waals surface area (Å²) in [5.41, 5.74) is 5.67. The van der Waals surface area contributed by atoms with Crippen molar-refractivity contribution in [1.29, 1.82) is 0 Å². The molecule has 3 fully saturated rings. The van der Waals surface area contributed by atoms with E-state index in [9.17, 15) is 4.79 Å². The minimum atomic E-state index is -0.214. The average molecular weight is 281 g/mol. The van der Waals surface area contributed by atoms with E-state index in [4.69, 9.17) is 15.2 Å². The predicted molar refractivity (Wildman–Crippen MR) is 76.4 cm³/mol. The molecule has 1 spiro atoms. The van der Waals surface area contributed by atoms with Crippen LogP contribution >= 0.6 is 0 Å². The summed E-state index contributed by atoms with van der Waals surface area (Å²) in [7, 11) is 0. The van der Waals surface area contributed by atoms with Gasteiger partial charge in [-0.3, -0.25) is 4.79 Å². The first-order chi connectivity index (χ1) is 9.70. The van der Waals surface area contributed by atoms with E-state index in [1.54, 1.807) is 0 Å². The van der Waals surface area contributed by atoms with Crippen LogP contribution in [0.1, 0.15) is 51.4 Å². The predicted octanol–water partition coefficient (Wildman–Crippen LogP) is 2.05. The van der Waals surface area contributed by atoms with Gasteiger partial charge in [-0.15, -0.1) is 0 Å². The molecule has 2 heterocycles. The number of ether oxygens (including phenoxy) is 2. The summed E-state index contributed by atoms with van der Waals surface area (Å²) in [5.74, 6) is 0.593. The summed E-state index contributed by atoms with van der Waals surface area (Å²) in [6, 6.07) is 0. The SMILES string of the molecule is NCC1(C(=O)C2CCOC3(CCOCC3)C2)CCCC1. The average Bonchev–Trinajstić information content (AvgIpc) is 2.97. The lowest BCUT2D eigenvalue weighted by Gasteiger charge is -2.44. The summed E-state index contributed by atoms with van der Waals surface area (Å²) in [4.78, 5) is 13.0. The molecule has 3 aliphatic rings. The van der Waals surface area contributed by atoms with Crippen LogP contribution in [-0.2, 0) is 14.3 Å². The third kappa shape index (κ3) is 2.53. The second-order valence-corrected chi connectivity index (χ2v) is 6.89. The molecule has 4 heteroatoms. The number of hydrogen-bond acceptors (Lipinski definition) is 4. The molecule has 1 aliphatic carbocycles. The lowest BCUT2D eigenvalue weighted by atomic mass is 9.70. The zero-order valence-corrected chi connectivity index (χ0v) is 12.4. The smallest absolute Gasteiger partial charge is 0.143 e. The maximum absolute atomic E-state index is 13.0. The van der Waals surface area contributed by atoms with Crippen LogP contribution in [0.25, 0.3) is 0 Å². The number of Topliss-reactive ketones (excluding diaryl/α,β-unsaturated/α-hetero) is 1. The number of hydrogen-bond donors (Lipinski definition) is 1. The number of carbonyl (C=O) groups excluding carboxylic acids is 1. The molecular weight excluding hydrogens is 254 g/mol. The summed E-state index contributed by atoms with van der Waals surface area (Å²) >= 11 is 0. The molecule has 1 unspecified atom stereocenters. The summed E-state index contributed by atoms with van der Waals surface area (Å²) in [6.07, 6.45) is 7.95. The van der Waals surface area contributed by atoms with E-state index in [1.807, 2.05) is 0 Å². The van der Waals surface area contributed by atoms with Crippen LogP contribution in [0.2, 0.25) is 0 Å². The molecule has 114 valence electrons. The quantitative estimate of drug-likeness (QED) is 0.860. The highest BCUT2D eigenvalue weighted by Gasteiger charge is 2.47. The monoisotopic (exact) mass is 281 g/mol. The van der Waals surface area contributed by atoms with Gasteiger partial charge >= 0.3 is 0 Å². The lowest BCUT2D eigenvalue weighted by molar-refractivity contribution is -0.161. The van der Waals surface area contributed by atoms with Gasteiger partial charge < -0.3 is 15.2 Å². The first kappa shape index (κ1) is 14.5. The van der Waals surface area contributed by atoms with Crippen molar-refractivity contribution in [3.63, 3.8) is 0 Å². The van der Waals surface area contributed by atoms with E-state index < -0.39 is 0 Å². The van der Waals surface area contributed by atoms with Crippen LogP contribution in [0.5, 0.6) is 0 Å². The Morgan fingerprint density at radius 2 is 1.80 bits per heavy atom. The fraction of sp³-hybridized carbons (Fsp3) is 0.938. The van der Waals surface area contributed by atoms with Gasteiger partial charge in [-0.25, -0.2) is 0 Å². The Balaban J connectivity index is 1.71. The van der Waals surface area contributed by atoms with Gasteiger partial charge in [-0.1, -0.05) is 12.8 Å². The Labute approximate surface area is 121 Å². The fourth-order valence-electron chi connectivity index (χ4n) is 4.38. The summed E-state index contributed by atoms with van der Waals surface area (Å²) < 4.78 is 11.5. The molecule has 1 saturated carbocycles. The van der Waals surface area contributed by atoms with E-state index >= 15 is 0 Å². The standard InChI is InChI=1S/C16H27NO3/c17-12-15(4-1-2-5-15)14(18)13-3-8-20-16(11-13)6-9-19-10-7-16/h13H,1-12,17H2. The van der Waals surface area contributed by atoms with Gasteiger partial charge in [-0.2, -0.15) is 0 Å². The van der Waals surface area contributed by atoms with Gasteiger partial charge in [0.1, 0.15) is 5.78 Å².